The molecule has 2 fully saturated rings. The molecule has 2 aliphatic rings. The number of hydrogen-bond donors (Lipinski definition) is 3. The highest BCUT2D eigenvalue weighted by atomic mass is 16.5. The molecule has 6 rings (SSSR count). The zero-order valence-corrected chi connectivity index (χ0v) is 18.5. The maximum atomic E-state index is 9.58. The van der Waals surface area contributed by atoms with Crippen molar-refractivity contribution >= 4 is 33.8 Å². The summed E-state index contributed by atoms with van der Waals surface area (Å²) in [5, 5.41) is 10.7. The largest absolute Gasteiger partial charge is 0.394 e. The minimum Gasteiger partial charge on any atom is -0.394 e. The summed E-state index contributed by atoms with van der Waals surface area (Å²) < 4.78 is 11.3. The van der Waals surface area contributed by atoms with Crippen molar-refractivity contribution in [3.8, 4) is 11.4 Å². The monoisotopic (exact) mass is 449 g/mol. The van der Waals surface area contributed by atoms with Crippen LogP contribution in [0.2, 0.25) is 0 Å². The Morgan fingerprint density at radius 3 is 2.97 bits per heavy atom. The van der Waals surface area contributed by atoms with Gasteiger partial charge in [0.1, 0.15) is 11.3 Å². The second-order valence-electron chi connectivity index (χ2n) is 8.61. The summed E-state index contributed by atoms with van der Waals surface area (Å²) in [6.07, 6.45) is 1.69. The number of morpholine rings is 2. The number of aliphatic hydroxyl groups excluding tert-OH is 1. The first kappa shape index (κ1) is 20.4. The number of hydrogen-bond acceptors (Lipinski definition) is 8. The molecule has 2 saturated heterocycles. The molecule has 0 radical (unpaired) electrons. The number of nitrogens with one attached hydrogen (secondary N) is 2. The Morgan fingerprint density at radius 1 is 1.15 bits per heavy atom. The molecule has 4 aromatic rings. The van der Waals surface area contributed by atoms with Crippen LogP contribution in [0, 0.1) is 0 Å². The number of benzene rings is 1. The Kier molecular flexibility index (Phi) is 5.12. The molecule has 0 spiro atoms. The molecule has 2 atom stereocenters. The average Bonchev–Trinajstić information content (AvgIpc) is 3.51. The predicted octanol–water partition coefficient (Wildman–Crippen LogP) is 1.92. The molecule has 10 nitrogen and oxygen atoms in total. The molecule has 0 aliphatic carbocycles. The fourth-order valence-electron chi connectivity index (χ4n) is 4.69. The van der Waals surface area contributed by atoms with Crippen LogP contribution in [-0.2, 0) is 9.47 Å². The zero-order valence-electron chi connectivity index (χ0n) is 18.5. The van der Waals surface area contributed by atoms with Gasteiger partial charge in [-0.25, -0.2) is 4.98 Å². The molecular formula is C23H27N7O3. The molecule has 0 amide bonds. The molecule has 10 heteroatoms. The maximum Gasteiger partial charge on any atom is 0.229 e. The smallest absolute Gasteiger partial charge is 0.229 e. The van der Waals surface area contributed by atoms with Crippen LogP contribution >= 0.6 is 0 Å². The third-order valence-corrected chi connectivity index (χ3v) is 6.44. The van der Waals surface area contributed by atoms with E-state index in [4.69, 9.17) is 24.4 Å². The number of imidazole rings is 1. The van der Waals surface area contributed by atoms with Gasteiger partial charge in [0.2, 0.25) is 5.95 Å². The van der Waals surface area contributed by atoms with Crippen LogP contribution in [0.25, 0.3) is 33.5 Å². The number of aliphatic hydroxyl groups is 1. The Balaban J connectivity index is 1.50. The van der Waals surface area contributed by atoms with Crippen molar-refractivity contribution < 1.29 is 14.6 Å². The quantitative estimate of drug-likeness (QED) is 0.433. The molecule has 0 bridgehead atoms. The van der Waals surface area contributed by atoms with E-state index in [0.717, 1.165) is 40.2 Å². The van der Waals surface area contributed by atoms with Gasteiger partial charge in [-0.05, 0) is 19.1 Å². The van der Waals surface area contributed by atoms with Crippen molar-refractivity contribution in [2.24, 2.45) is 0 Å². The maximum absolute atomic E-state index is 9.58. The van der Waals surface area contributed by atoms with Crippen molar-refractivity contribution in [1.82, 2.24) is 24.9 Å². The van der Waals surface area contributed by atoms with Crippen molar-refractivity contribution in [1.29, 1.82) is 0 Å². The highest BCUT2D eigenvalue weighted by Gasteiger charge is 2.28. The fraction of sp³-hybridized carbons (Fsp3) is 0.435. The van der Waals surface area contributed by atoms with E-state index in [1.54, 1.807) is 0 Å². The lowest BCUT2D eigenvalue weighted by Crippen LogP contribution is -2.46. The highest BCUT2D eigenvalue weighted by Crippen LogP contribution is 2.32. The Hall–Kier alpha value is -3.21. The van der Waals surface area contributed by atoms with Crippen LogP contribution in [0.4, 0.5) is 11.8 Å². The van der Waals surface area contributed by atoms with Gasteiger partial charge in [0, 0.05) is 42.3 Å². The van der Waals surface area contributed by atoms with Gasteiger partial charge in [-0.1, -0.05) is 12.1 Å². The lowest BCUT2D eigenvalue weighted by Gasteiger charge is -2.36. The van der Waals surface area contributed by atoms with Gasteiger partial charge < -0.3 is 34.3 Å². The SMILES string of the molecule is CC1COCCN1c1nc(N2CCOC(CO)C2)nc2nc(-c3cccc4[nH]ccc34)[nH]c12. The number of nitrogens with zero attached hydrogens (tertiary/aromatic N) is 5. The van der Waals surface area contributed by atoms with Crippen LogP contribution in [0.15, 0.2) is 30.5 Å². The molecule has 2 unspecified atom stereocenters. The van der Waals surface area contributed by atoms with E-state index in [-0.39, 0.29) is 18.8 Å². The Bertz CT molecular complexity index is 1290. The lowest BCUT2D eigenvalue weighted by molar-refractivity contribution is 0.00315. The van der Waals surface area contributed by atoms with Crippen LogP contribution in [0.5, 0.6) is 0 Å². The number of rotatable bonds is 4. The van der Waals surface area contributed by atoms with Crippen LogP contribution in [0.3, 0.4) is 0 Å². The number of anilines is 2. The third-order valence-electron chi connectivity index (χ3n) is 6.44. The summed E-state index contributed by atoms with van der Waals surface area (Å²) in [6.45, 7) is 5.89. The van der Waals surface area contributed by atoms with Gasteiger partial charge in [-0.3, -0.25) is 0 Å². The highest BCUT2D eigenvalue weighted by molar-refractivity contribution is 5.96. The summed E-state index contributed by atoms with van der Waals surface area (Å²) in [6, 6.07) is 8.37. The number of aromatic nitrogens is 5. The number of ether oxygens (including phenoxy) is 2. The molecule has 33 heavy (non-hydrogen) atoms. The van der Waals surface area contributed by atoms with E-state index < -0.39 is 0 Å². The fourth-order valence-corrected chi connectivity index (χ4v) is 4.69. The second-order valence-corrected chi connectivity index (χ2v) is 8.61. The molecular weight excluding hydrogens is 422 g/mol. The van der Waals surface area contributed by atoms with Gasteiger partial charge >= 0.3 is 0 Å². The average molecular weight is 450 g/mol. The van der Waals surface area contributed by atoms with Gasteiger partial charge in [-0.15, -0.1) is 0 Å². The Labute approximate surface area is 190 Å². The first-order valence-electron chi connectivity index (χ1n) is 11.4. The van der Waals surface area contributed by atoms with E-state index in [0.29, 0.717) is 44.5 Å². The minimum atomic E-state index is -0.246. The van der Waals surface area contributed by atoms with Crippen molar-refractivity contribution in [2.75, 3.05) is 55.9 Å². The third kappa shape index (κ3) is 3.60. The molecule has 2 aliphatic heterocycles. The standard InChI is InChI=1S/C23H27N7O3/c1-14-13-32-9-8-30(14)22-19-21(27-23(28-22)29-7-10-33-15(11-29)12-31)26-20(25-19)17-3-2-4-18-16(17)5-6-24-18/h2-6,14-15,24,31H,7-13H2,1H3,(H,25,26,27,28). The topological polar surface area (TPSA) is 115 Å². The number of aromatic amines is 2. The van der Waals surface area contributed by atoms with E-state index in [2.05, 4.69) is 44.9 Å². The summed E-state index contributed by atoms with van der Waals surface area (Å²) in [5.41, 5.74) is 3.52. The van der Waals surface area contributed by atoms with Crippen molar-refractivity contribution in [3.05, 3.63) is 30.5 Å². The van der Waals surface area contributed by atoms with Gasteiger partial charge in [0.05, 0.1) is 38.6 Å². The molecule has 172 valence electrons. The minimum absolute atomic E-state index is 0.0284. The summed E-state index contributed by atoms with van der Waals surface area (Å²) in [4.78, 5) is 25.8. The van der Waals surface area contributed by atoms with Crippen LogP contribution < -0.4 is 9.80 Å². The van der Waals surface area contributed by atoms with Crippen molar-refractivity contribution in [2.45, 2.75) is 19.1 Å². The lowest BCUT2D eigenvalue weighted by atomic mass is 10.1. The first-order valence-corrected chi connectivity index (χ1v) is 11.4. The Morgan fingerprint density at radius 2 is 2.09 bits per heavy atom. The van der Waals surface area contributed by atoms with Crippen molar-refractivity contribution in [3.63, 3.8) is 0 Å². The molecule has 5 heterocycles. The van der Waals surface area contributed by atoms with Crippen LogP contribution in [-0.4, -0.2) is 88.2 Å². The molecule has 0 saturated carbocycles. The van der Waals surface area contributed by atoms with E-state index in [1.807, 2.05) is 12.3 Å². The number of fused-ring (bicyclic) bond motifs is 2. The normalized spacial score (nSPS) is 21.9. The van der Waals surface area contributed by atoms with Gasteiger partial charge in [0.25, 0.3) is 0 Å². The first-order chi connectivity index (χ1) is 16.2. The summed E-state index contributed by atoms with van der Waals surface area (Å²) >= 11 is 0. The van der Waals surface area contributed by atoms with E-state index in [9.17, 15) is 5.11 Å². The molecule has 1 aromatic carbocycles. The van der Waals surface area contributed by atoms with Gasteiger partial charge in [-0.2, -0.15) is 9.97 Å². The second kappa shape index (κ2) is 8.29. The molecule has 3 N–H and O–H groups in total. The van der Waals surface area contributed by atoms with E-state index in [1.165, 1.54) is 0 Å². The van der Waals surface area contributed by atoms with Crippen LogP contribution in [0.1, 0.15) is 6.92 Å². The molecule has 3 aromatic heterocycles. The summed E-state index contributed by atoms with van der Waals surface area (Å²) in [5.74, 6) is 2.20. The van der Waals surface area contributed by atoms with E-state index >= 15 is 0 Å². The number of H-pyrrole nitrogens is 2. The predicted molar refractivity (Wildman–Crippen MR) is 126 cm³/mol. The summed E-state index contributed by atoms with van der Waals surface area (Å²) in [7, 11) is 0. The zero-order chi connectivity index (χ0) is 22.4. The van der Waals surface area contributed by atoms with Gasteiger partial charge in [0.15, 0.2) is 11.5 Å².